The average molecular weight is 428 g/mol. The predicted octanol–water partition coefficient (Wildman–Crippen LogP) is 6.22. The van der Waals surface area contributed by atoms with Gasteiger partial charge in [0.2, 0.25) is 0 Å². The number of carbonyl (C=O) groups is 1. The molecule has 0 saturated carbocycles. The summed E-state index contributed by atoms with van der Waals surface area (Å²) < 4.78 is 11.4. The normalized spacial score (nSPS) is 11.7. The highest BCUT2D eigenvalue weighted by atomic mass is 16.5. The molecule has 32 heavy (non-hydrogen) atoms. The lowest BCUT2D eigenvalue weighted by atomic mass is 10.0. The lowest BCUT2D eigenvalue weighted by Crippen LogP contribution is -2.10. The van der Waals surface area contributed by atoms with Crippen LogP contribution in [0.1, 0.15) is 34.5 Å². The van der Waals surface area contributed by atoms with E-state index in [9.17, 15) is 9.90 Å². The highest BCUT2D eigenvalue weighted by Gasteiger charge is 2.15. The number of aromatic carboxylic acids is 1. The second-order valence-electron chi connectivity index (χ2n) is 7.54. The zero-order chi connectivity index (χ0) is 22.7. The summed E-state index contributed by atoms with van der Waals surface area (Å²) in [4.78, 5) is 15.9. The van der Waals surface area contributed by atoms with Gasteiger partial charge in [0.05, 0.1) is 18.1 Å². The molecule has 1 aromatic heterocycles. The Hall–Kier alpha value is -4.06. The number of rotatable bonds is 7. The number of hydrogen-bond acceptors (Lipinski definition) is 5. The highest BCUT2D eigenvalue weighted by Crippen LogP contribution is 2.36. The van der Waals surface area contributed by atoms with Crippen molar-refractivity contribution in [3.05, 3.63) is 89.6 Å². The average Bonchev–Trinajstić information content (AvgIpc) is 2.79. The van der Waals surface area contributed by atoms with Crippen LogP contribution >= 0.6 is 0 Å². The van der Waals surface area contributed by atoms with Crippen LogP contribution in [0.25, 0.3) is 10.8 Å². The minimum Gasteiger partial charge on any atom is -0.497 e. The number of aryl methyl sites for hydroxylation is 1. The van der Waals surface area contributed by atoms with Crippen LogP contribution < -0.4 is 14.8 Å². The Bertz CT molecular complexity index is 1260. The number of pyridine rings is 1. The molecule has 0 unspecified atom stereocenters. The number of fused-ring (bicyclic) bond motifs is 1. The van der Waals surface area contributed by atoms with Gasteiger partial charge in [0, 0.05) is 12.2 Å². The number of methoxy groups -OCH3 is 1. The molecule has 0 saturated heterocycles. The molecule has 1 heterocycles. The number of carboxylic acids is 1. The first-order valence-corrected chi connectivity index (χ1v) is 10.3. The number of carboxylic acid groups (broad SMARTS) is 1. The fraction of sp³-hybridized carbons (Fsp3) is 0.154. The summed E-state index contributed by atoms with van der Waals surface area (Å²) in [7, 11) is 1.63. The van der Waals surface area contributed by atoms with Crippen LogP contribution in [-0.4, -0.2) is 23.2 Å². The summed E-state index contributed by atoms with van der Waals surface area (Å²) >= 11 is 0. The van der Waals surface area contributed by atoms with Crippen LogP contribution in [0, 0.1) is 6.92 Å². The van der Waals surface area contributed by atoms with Gasteiger partial charge in [0.25, 0.3) is 0 Å². The van der Waals surface area contributed by atoms with E-state index in [2.05, 4.69) is 10.3 Å². The lowest BCUT2D eigenvalue weighted by Gasteiger charge is -2.19. The molecule has 1 atom stereocenters. The number of ether oxygens (including phenoxy) is 2. The molecule has 0 fully saturated rings. The van der Waals surface area contributed by atoms with E-state index in [0.29, 0.717) is 22.9 Å². The smallest absolute Gasteiger partial charge is 0.335 e. The van der Waals surface area contributed by atoms with E-state index < -0.39 is 5.97 Å². The predicted molar refractivity (Wildman–Crippen MR) is 125 cm³/mol. The first kappa shape index (κ1) is 21.2. The standard InChI is InChI=1S/C26H24N2O4/c1-16-15-19(7-12-22(16)26(29)30)17(2)28-25-24-18(13-14-27-25)5-4-6-23(24)32-21-10-8-20(31-3)9-11-21/h4-15,17H,1-3H3,(H,27,28)(H,29,30)/t17-/m0/s1. The SMILES string of the molecule is COc1ccc(Oc2cccc3ccnc(N[C@@H](C)c4ccc(C(=O)O)c(C)c4)c23)cc1. The maximum Gasteiger partial charge on any atom is 0.335 e. The Morgan fingerprint density at radius 3 is 2.47 bits per heavy atom. The first-order chi connectivity index (χ1) is 15.5. The van der Waals surface area contributed by atoms with Gasteiger partial charge < -0.3 is 19.9 Å². The number of hydrogen-bond donors (Lipinski definition) is 2. The fourth-order valence-electron chi connectivity index (χ4n) is 3.65. The number of nitrogens with zero attached hydrogens (tertiary/aromatic N) is 1. The molecular formula is C26H24N2O4. The number of aromatic nitrogens is 1. The van der Waals surface area contributed by atoms with Gasteiger partial charge in [-0.05, 0) is 72.8 Å². The van der Waals surface area contributed by atoms with Crippen molar-refractivity contribution in [1.29, 1.82) is 0 Å². The summed E-state index contributed by atoms with van der Waals surface area (Å²) in [5.41, 5.74) is 2.00. The number of anilines is 1. The van der Waals surface area contributed by atoms with Crippen molar-refractivity contribution in [2.24, 2.45) is 0 Å². The van der Waals surface area contributed by atoms with Crippen molar-refractivity contribution >= 4 is 22.6 Å². The maximum absolute atomic E-state index is 11.3. The van der Waals surface area contributed by atoms with Crippen molar-refractivity contribution in [3.8, 4) is 17.2 Å². The summed E-state index contributed by atoms with van der Waals surface area (Å²) in [5.74, 6) is 1.91. The summed E-state index contributed by atoms with van der Waals surface area (Å²) in [5, 5.41) is 14.6. The van der Waals surface area contributed by atoms with Crippen molar-refractivity contribution < 1.29 is 19.4 Å². The molecule has 0 aliphatic heterocycles. The Kier molecular flexibility index (Phi) is 5.94. The largest absolute Gasteiger partial charge is 0.497 e. The minimum absolute atomic E-state index is 0.0938. The molecule has 0 amide bonds. The number of benzene rings is 3. The van der Waals surface area contributed by atoms with Gasteiger partial charge in [0.1, 0.15) is 23.1 Å². The van der Waals surface area contributed by atoms with Crippen LogP contribution in [0.4, 0.5) is 5.82 Å². The van der Waals surface area contributed by atoms with Crippen LogP contribution in [0.5, 0.6) is 17.2 Å². The monoisotopic (exact) mass is 428 g/mol. The molecule has 162 valence electrons. The zero-order valence-electron chi connectivity index (χ0n) is 18.1. The van der Waals surface area contributed by atoms with Gasteiger partial charge >= 0.3 is 5.97 Å². The maximum atomic E-state index is 11.3. The van der Waals surface area contributed by atoms with Crippen molar-refractivity contribution in [2.45, 2.75) is 19.9 Å². The summed E-state index contributed by atoms with van der Waals surface area (Å²) in [6.07, 6.45) is 1.76. The lowest BCUT2D eigenvalue weighted by molar-refractivity contribution is 0.0696. The van der Waals surface area contributed by atoms with E-state index in [0.717, 1.165) is 27.6 Å². The molecule has 4 rings (SSSR count). The molecule has 0 spiro atoms. The van der Waals surface area contributed by atoms with E-state index in [-0.39, 0.29) is 6.04 Å². The van der Waals surface area contributed by atoms with Crippen molar-refractivity contribution in [1.82, 2.24) is 4.98 Å². The van der Waals surface area contributed by atoms with Crippen molar-refractivity contribution in [3.63, 3.8) is 0 Å². The van der Waals surface area contributed by atoms with Crippen LogP contribution in [0.15, 0.2) is 72.9 Å². The van der Waals surface area contributed by atoms with E-state index in [1.54, 1.807) is 26.3 Å². The Morgan fingerprint density at radius 1 is 1.03 bits per heavy atom. The third-order valence-electron chi connectivity index (χ3n) is 5.37. The molecule has 6 nitrogen and oxygen atoms in total. The first-order valence-electron chi connectivity index (χ1n) is 10.3. The van der Waals surface area contributed by atoms with E-state index >= 15 is 0 Å². The fourth-order valence-corrected chi connectivity index (χ4v) is 3.65. The highest BCUT2D eigenvalue weighted by molar-refractivity contribution is 5.97. The second kappa shape index (κ2) is 8.98. The summed E-state index contributed by atoms with van der Waals surface area (Å²) in [6, 6.07) is 20.5. The molecule has 4 aromatic rings. The third kappa shape index (κ3) is 4.34. The van der Waals surface area contributed by atoms with E-state index in [4.69, 9.17) is 9.47 Å². The van der Waals surface area contributed by atoms with Gasteiger partial charge in [-0.25, -0.2) is 9.78 Å². The van der Waals surface area contributed by atoms with Gasteiger partial charge in [-0.2, -0.15) is 0 Å². The van der Waals surface area contributed by atoms with Crippen LogP contribution in [0.3, 0.4) is 0 Å². The molecule has 2 N–H and O–H groups in total. The molecule has 0 radical (unpaired) electrons. The molecule has 3 aromatic carbocycles. The third-order valence-corrected chi connectivity index (χ3v) is 5.37. The topological polar surface area (TPSA) is 80.7 Å². The molecule has 0 aliphatic carbocycles. The van der Waals surface area contributed by atoms with Gasteiger partial charge in [0.15, 0.2) is 0 Å². The van der Waals surface area contributed by atoms with E-state index in [1.807, 2.05) is 67.6 Å². The molecule has 6 heteroatoms. The van der Waals surface area contributed by atoms with Crippen LogP contribution in [-0.2, 0) is 0 Å². The van der Waals surface area contributed by atoms with Gasteiger partial charge in [-0.15, -0.1) is 0 Å². The minimum atomic E-state index is -0.925. The van der Waals surface area contributed by atoms with Gasteiger partial charge in [-0.3, -0.25) is 0 Å². The van der Waals surface area contributed by atoms with Crippen LogP contribution in [0.2, 0.25) is 0 Å². The number of nitrogens with one attached hydrogen (secondary N) is 1. The Balaban J connectivity index is 1.66. The molecule has 0 bridgehead atoms. The van der Waals surface area contributed by atoms with Crippen molar-refractivity contribution in [2.75, 3.05) is 12.4 Å². The Morgan fingerprint density at radius 2 is 1.78 bits per heavy atom. The quantitative estimate of drug-likeness (QED) is 0.364. The zero-order valence-corrected chi connectivity index (χ0v) is 18.1. The molecule has 0 aliphatic rings. The van der Waals surface area contributed by atoms with Gasteiger partial charge in [-0.1, -0.05) is 24.3 Å². The summed E-state index contributed by atoms with van der Waals surface area (Å²) in [6.45, 7) is 3.82. The molecular weight excluding hydrogens is 404 g/mol. The second-order valence-corrected chi connectivity index (χ2v) is 7.54. The Labute approximate surface area is 186 Å². The van der Waals surface area contributed by atoms with E-state index in [1.165, 1.54) is 0 Å².